The van der Waals surface area contributed by atoms with Crippen LogP contribution in [0.15, 0.2) is 59.5 Å². The van der Waals surface area contributed by atoms with Gasteiger partial charge in [-0.3, -0.25) is 4.79 Å². The molecule has 0 heterocycles. The molecule has 0 bridgehead atoms. The Morgan fingerprint density at radius 1 is 1.04 bits per heavy atom. The number of rotatable bonds is 7. The number of anilines is 1. The van der Waals surface area contributed by atoms with E-state index in [0.717, 1.165) is 31.2 Å². The molecule has 0 spiro atoms. The van der Waals surface area contributed by atoms with Gasteiger partial charge in [-0.15, -0.1) is 0 Å². The van der Waals surface area contributed by atoms with Crippen molar-refractivity contribution in [3.05, 3.63) is 60.2 Å². The molecule has 6 heteroatoms. The number of benzene rings is 2. The van der Waals surface area contributed by atoms with Gasteiger partial charge >= 0.3 is 0 Å². The van der Waals surface area contributed by atoms with Crippen molar-refractivity contribution in [1.82, 2.24) is 4.72 Å². The number of hydrogen-bond acceptors (Lipinski definition) is 3. The molecule has 5 nitrogen and oxygen atoms in total. The molecule has 0 atom stereocenters. The van der Waals surface area contributed by atoms with E-state index in [4.69, 9.17) is 0 Å². The molecule has 0 saturated heterocycles. The van der Waals surface area contributed by atoms with E-state index < -0.39 is 15.4 Å². The molecule has 1 aliphatic carbocycles. The Labute approximate surface area is 154 Å². The van der Waals surface area contributed by atoms with Crippen LogP contribution in [0, 0.1) is 0 Å². The van der Waals surface area contributed by atoms with Gasteiger partial charge in [-0.25, -0.2) is 13.1 Å². The van der Waals surface area contributed by atoms with E-state index in [0.29, 0.717) is 12.2 Å². The third kappa shape index (κ3) is 3.66. The van der Waals surface area contributed by atoms with E-state index in [-0.39, 0.29) is 10.8 Å². The number of carbonyl (C=O) groups is 1. The lowest BCUT2D eigenvalue weighted by molar-refractivity contribution is -0.124. The van der Waals surface area contributed by atoms with E-state index in [1.165, 1.54) is 12.1 Å². The molecule has 0 aliphatic heterocycles. The SMILES string of the molecule is CCCNS(=O)(=O)c1ccc(NC(=O)C2(c3ccccc3)CCC2)cc1. The van der Waals surface area contributed by atoms with Gasteiger partial charge in [0, 0.05) is 12.2 Å². The van der Waals surface area contributed by atoms with Crippen LogP contribution in [0.4, 0.5) is 5.69 Å². The number of nitrogens with one attached hydrogen (secondary N) is 2. The summed E-state index contributed by atoms with van der Waals surface area (Å²) in [6.45, 7) is 2.31. The quantitative estimate of drug-likeness (QED) is 0.782. The van der Waals surface area contributed by atoms with Gasteiger partial charge in [-0.05, 0) is 49.1 Å². The summed E-state index contributed by atoms with van der Waals surface area (Å²) in [6, 6.07) is 16.1. The van der Waals surface area contributed by atoms with Gasteiger partial charge in [-0.1, -0.05) is 43.7 Å². The molecule has 0 aromatic heterocycles. The Morgan fingerprint density at radius 3 is 2.23 bits per heavy atom. The molecule has 2 aromatic rings. The minimum Gasteiger partial charge on any atom is -0.325 e. The first-order valence-electron chi connectivity index (χ1n) is 8.95. The lowest BCUT2D eigenvalue weighted by Gasteiger charge is -2.40. The molecule has 138 valence electrons. The molecule has 1 fully saturated rings. The average Bonchev–Trinajstić information content (AvgIpc) is 2.60. The number of carbonyl (C=O) groups excluding carboxylic acids is 1. The maximum Gasteiger partial charge on any atom is 0.240 e. The summed E-state index contributed by atoms with van der Waals surface area (Å²) in [4.78, 5) is 13.1. The Kier molecular flexibility index (Phi) is 5.44. The lowest BCUT2D eigenvalue weighted by Crippen LogP contribution is -2.45. The zero-order valence-corrected chi connectivity index (χ0v) is 15.7. The molecule has 0 unspecified atom stereocenters. The minimum atomic E-state index is -3.50. The van der Waals surface area contributed by atoms with Crippen molar-refractivity contribution in [3.63, 3.8) is 0 Å². The van der Waals surface area contributed by atoms with Crippen molar-refractivity contribution >= 4 is 21.6 Å². The maximum absolute atomic E-state index is 12.9. The van der Waals surface area contributed by atoms with Crippen molar-refractivity contribution in [1.29, 1.82) is 0 Å². The molecular weight excluding hydrogens is 348 g/mol. The zero-order chi connectivity index (χ0) is 18.6. The molecule has 26 heavy (non-hydrogen) atoms. The molecule has 0 radical (unpaired) electrons. The maximum atomic E-state index is 12.9. The zero-order valence-electron chi connectivity index (χ0n) is 14.9. The number of hydrogen-bond donors (Lipinski definition) is 2. The summed E-state index contributed by atoms with van der Waals surface area (Å²) in [5, 5.41) is 2.95. The lowest BCUT2D eigenvalue weighted by atomic mass is 9.64. The normalized spacial score (nSPS) is 15.9. The van der Waals surface area contributed by atoms with Gasteiger partial charge in [0.05, 0.1) is 10.3 Å². The van der Waals surface area contributed by atoms with E-state index >= 15 is 0 Å². The molecule has 2 aromatic carbocycles. The fraction of sp³-hybridized carbons (Fsp3) is 0.350. The molecule has 1 saturated carbocycles. The second kappa shape index (κ2) is 7.60. The molecular formula is C20H24N2O3S. The second-order valence-electron chi connectivity index (χ2n) is 6.68. The van der Waals surface area contributed by atoms with E-state index in [1.807, 2.05) is 37.3 Å². The van der Waals surface area contributed by atoms with Crippen LogP contribution in [0.25, 0.3) is 0 Å². The Balaban J connectivity index is 1.74. The fourth-order valence-corrected chi connectivity index (χ4v) is 4.36. The third-order valence-corrected chi connectivity index (χ3v) is 6.41. The largest absolute Gasteiger partial charge is 0.325 e. The van der Waals surface area contributed by atoms with Crippen LogP contribution in [-0.2, 0) is 20.2 Å². The highest BCUT2D eigenvalue weighted by Gasteiger charge is 2.45. The predicted molar refractivity (Wildman–Crippen MR) is 103 cm³/mol. The first kappa shape index (κ1) is 18.6. The second-order valence-corrected chi connectivity index (χ2v) is 8.44. The van der Waals surface area contributed by atoms with Gasteiger partial charge in [-0.2, -0.15) is 0 Å². The van der Waals surface area contributed by atoms with Crippen molar-refractivity contribution in [3.8, 4) is 0 Å². The first-order valence-corrected chi connectivity index (χ1v) is 10.4. The summed E-state index contributed by atoms with van der Waals surface area (Å²) in [5.74, 6) is -0.0327. The molecule has 2 N–H and O–H groups in total. The minimum absolute atomic E-state index is 0.0327. The first-order chi connectivity index (χ1) is 12.5. The Hall–Kier alpha value is -2.18. The fourth-order valence-electron chi connectivity index (χ4n) is 3.22. The van der Waals surface area contributed by atoms with Crippen LogP contribution in [0.5, 0.6) is 0 Å². The van der Waals surface area contributed by atoms with Crippen LogP contribution in [0.2, 0.25) is 0 Å². The highest BCUT2D eigenvalue weighted by Crippen LogP contribution is 2.44. The van der Waals surface area contributed by atoms with Crippen LogP contribution in [0.1, 0.15) is 38.2 Å². The average molecular weight is 372 g/mol. The van der Waals surface area contributed by atoms with Gasteiger partial charge in [0.2, 0.25) is 15.9 Å². The van der Waals surface area contributed by atoms with E-state index in [9.17, 15) is 13.2 Å². The van der Waals surface area contributed by atoms with Crippen molar-refractivity contribution in [2.24, 2.45) is 0 Å². The van der Waals surface area contributed by atoms with E-state index in [1.54, 1.807) is 12.1 Å². The highest BCUT2D eigenvalue weighted by molar-refractivity contribution is 7.89. The van der Waals surface area contributed by atoms with Gasteiger partial charge in [0.15, 0.2) is 0 Å². The Morgan fingerprint density at radius 2 is 1.69 bits per heavy atom. The monoisotopic (exact) mass is 372 g/mol. The smallest absolute Gasteiger partial charge is 0.240 e. The van der Waals surface area contributed by atoms with E-state index in [2.05, 4.69) is 10.0 Å². The highest BCUT2D eigenvalue weighted by atomic mass is 32.2. The summed E-state index contributed by atoms with van der Waals surface area (Å²) < 4.78 is 26.8. The number of amides is 1. The predicted octanol–water partition coefficient (Wildman–Crippen LogP) is 3.44. The van der Waals surface area contributed by atoms with Gasteiger partial charge in [0.1, 0.15) is 0 Å². The molecule has 1 aliphatic rings. The standard InChI is InChI=1S/C20H24N2O3S/c1-2-15-21-26(24,25)18-11-9-17(10-12-18)22-19(23)20(13-6-14-20)16-7-4-3-5-8-16/h3-5,7-12,21H,2,6,13-15H2,1H3,(H,22,23). The number of sulfonamides is 1. The third-order valence-electron chi connectivity index (χ3n) is 4.93. The summed E-state index contributed by atoms with van der Waals surface area (Å²) in [7, 11) is -3.50. The van der Waals surface area contributed by atoms with Crippen molar-refractivity contribution in [2.45, 2.75) is 42.9 Å². The Bertz CT molecular complexity index is 858. The molecule has 3 rings (SSSR count). The van der Waals surface area contributed by atoms with Crippen LogP contribution >= 0.6 is 0 Å². The van der Waals surface area contributed by atoms with Gasteiger partial charge in [0.25, 0.3) is 0 Å². The van der Waals surface area contributed by atoms with Crippen LogP contribution in [0.3, 0.4) is 0 Å². The van der Waals surface area contributed by atoms with Crippen LogP contribution < -0.4 is 10.0 Å². The van der Waals surface area contributed by atoms with Crippen molar-refractivity contribution < 1.29 is 13.2 Å². The molecule has 1 amide bonds. The van der Waals surface area contributed by atoms with Crippen molar-refractivity contribution in [2.75, 3.05) is 11.9 Å². The summed E-state index contributed by atoms with van der Waals surface area (Å²) >= 11 is 0. The van der Waals surface area contributed by atoms with Crippen LogP contribution in [-0.4, -0.2) is 20.9 Å². The van der Waals surface area contributed by atoms with Gasteiger partial charge < -0.3 is 5.32 Å². The summed E-state index contributed by atoms with van der Waals surface area (Å²) in [5.41, 5.74) is 1.16. The summed E-state index contributed by atoms with van der Waals surface area (Å²) in [6.07, 6.45) is 3.42. The topological polar surface area (TPSA) is 75.3 Å².